The molecule has 2 amide bonds. The highest BCUT2D eigenvalue weighted by Gasteiger charge is 2.41. The maximum Gasteiger partial charge on any atom is 0.322 e. The van der Waals surface area contributed by atoms with Gasteiger partial charge in [-0.2, -0.15) is 0 Å². The van der Waals surface area contributed by atoms with Gasteiger partial charge >= 0.3 is 6.03 Å². The molecular formula is C13H20N4O4. The predicted octanol–water partition coefficient (Wildman–Crippen LogP) is 0.472. The zero-order valence-electron chi connectivity index (χ0n) is 12.3. The van der Waals surface area contributed by atoms with Crippen molar-refractivity contribution in [1.82, 2.24) is 15.4 Å². The first-order valence-electron chi connectivity index (χ1n) is 7.07. The van der Waals surface area contributed by atoms with E-state index in [1.54, 1.807) is 18.7 Å². The Hall–Kier alpha value is -1.64. The van der Waals surface area contributed by atoms with Crippen LogP contribution in [0.1, 0.15) is 11.5 Å². The van der Waals surface area contributed by atoms with Crippen molar-refractivity contribution in [2.45, 2.75) is 19.6 Å². The average molecular weight is 296 g/mol. The smallest absolute Gasteiger partial charge is 0.322 e. The van der Waals surface area contributed by atoms with Crippen LogP contribution in [-0.4, -0.2) is 61.3 Å². The van der Waals surface area contributed by atoms with Gasteiger partial charge in [0.05, 0.1) is 26.3 Å². The van der Waals surface area contributed by atoms with Crippen molar-refractivity contribution in [3.05, 3.63) is 11.5 Å². The van der Waals surface area contributed by atoms with Crippen LogP contribution < -0.4 is 10.6 Å². The van der Waals surface area contributed by atoms with E-state index in [1.165, 1.54) is 0 Å². The van der Waals surface area contributed by atoms with E-state index < -0.39 is 5.79 Å². The summed E-state index contributed by atoms with van der Waals surface area (Å²) in [6.45, 7) is 6.91. The largest absolute Gasteiger partial charge is 0.359 e. The summed E-state index contributed by atoms with van der Waals surface area (Å²) in [5, 5.41) is 9.91. The molecule has 2 fully saturated rings. The summed E-state index contributed by atoms with van der Waals surface area (Å²) in [5.74, 6) is -0.133. The van der Waals surface area contributed by atoms with Gasteiger partial charge in [0, 0.05) is 13.1 Å². The molecule has 0 bridgehead atoms. The van der Waals surface area contributed by atoms with Crippen LogP contribution in [0.5, 0.6) is 0 Å². The van der Waals surface area contributed by atoms with Gasteiger partial charge in [-0.25, -0.2) is 4.79 Å². The number of ether oxygens (including phenoxy) is 2. The Morgan fingerprint density at radius 2 is 2.19 bits per heavy atom. The van der Waals surface area contributed by atoms with Gasteiger partial charge in [-0.05, 0) is 13.8 Å². The van der Waals surface area contributed by atoms with Crippen LogP contribution in [0.3, 0.4) is 0 Å². The lowest BCUT2D eigenvalue weighted by Crippen LogP contribution is -2.62. The lowest BCUT2D eigenvalue weighted by Gasteiger charge is -2.44. The van der Waals surface area contributed by atoms with Gasteiger partial charge in [-0.1, -0.05) is 5.16 Å². The molecule has 21 heavy (non-hydrogen) atoms. The summed E-state index contributed by atoms with van der Waals surface area (Å²) in [7, 11) is 0. The number of anilines is 1. The molecule has 0 aromatic carbocycles. The zero-order chi connectivity index (χ0) is 14.9. The molecule has 3 rings (SSSR count). The number of carbonyl (C=O) groups is 1. The second-order valence-corrected chi connectivity index (χ2v) is 5.34. The molecule has 0 saturated carbocycles. The number of carbonyl (C=O) groups excluding carboxylic acids is 1. The fraction of sp³-hybridized carbons (Fsp3) is 0.692. The van der Waals surface area contributed by atoms with E-state index in [0.717, 1.165) is 6.54 Å². The SMILES string of the molecule is Cc1noc(C)c1NC(=O)N1CCOC2(CNCCO2)C1. The second-order valence-electron chi connectivity index (χ2n) is 5.34. The molecular weight excluding hydrogens is 276 g/mol. The van der Waals surface area contributed by atoms with E-state index >= 15 is 0 Å². The van der Waals surface area contributed by atoms with Gasteiger partial charge < -0.3 is 29.5 Å². The molecule has 1 aromatic rings. The first-order valence-corrected chi connectivity index (χ1v) is 7.07. The van der Waals surface area contributed by atoms with E-state index in [1.807, 2.05) is 0 Å². The molecule has 116 valence electrons. The van der Waals surface area contributed by atoms with E-state index in [4.69, 9.17) is 14.0 Å². The quantitative estimate of drug-likeness (QED) is 0.783. The maximum atomic E-state index is 12.4. The third-order valence-corrected chi connectivity index (χ3v) is 3.75. The zero-order valence-corrected chi connectivity index (χ0v) is 12.3. The number of morpholine rings is 2. The molecule has 2 N–H and O–H groups in total. The summed E-state index contributed by atoms with van der Waals surface area (Å²) < 4.78 is 16.5. The van der Waals surface area contributed by atoms with Crippen LogP contribution in [0.2, 0.25) is 0 Å². The van der Waals surface area contributed by atoms with Crippen LogP contribution in [0.15, 0.2) is 4.52 Å². The first-order chi connectivity index (χ1) is 10.1. The van der Waals surface area contributed by atoms with E-state index in [9.17, 15) is 4.79 Å². The van der Waals surface area contributed by atoms with Crippen molar-refractivity contribution in [2.24, 2.45) is 0 Å². The molecule has 1 unspecified atom stereocenters. The Bertz CT molecular complexity index is 499. The third kappa shape index (κ3) is 2.87. The number of amides is 2. The van der Waals surface area contributed by atoms with Gasteiger partial charge in [0.25, 0.3) is 0 Å². The molecule has 2 aliphatic rings. The van der Waals surface area contributed by atoms with Gasteiger partial charge in [0.2, 0.25) is 0 Å². The van der Waals surface area contributed by atoms with E-state index in [2.05, 4.69) is 15.8 Å². The van der Waals surface area contributed by atoms with E-state index in [-0.39, 0.29) is 6.03 Å². The number of nitrogens with one attached hydrogen (secondary N) is 2. The van der Waals surface area contributed by atoms with Crippen molar-refractivity contribution < 1.29 is 18.8 Å². The molecule has 3 heterocycles. The molecule has 0 radical (unpaired) electrons. The summed E-state index contributed by atoms with van der Waals surface area (Å²) in [5.41, 5.74) is 1.29. The van der Waals surface area contributed by atoms with Crippen molar-refractivity contribution in [3.8, 4) is 0 Å². The van der Waals surface area contributed by atoms with Crippen LogP contribution in [0, 0.1) is 13.8 Å². The minimum Gasteiger partial charge on any atom is -0.359 e. The summed E-state index contributed by atoms with van der Waals surface area (Å²) in [6, 6.07) is -0.193. The molecule has 1 atom stereocenters. The highest BCUT2D eigenvalue weighted by Crippen LogP contribution is 2.23. The first kappa shape index (κ1) is 14.3. The maximum absolute atomic E-state index is 12.4. The number of rotatable bonds is 1. The third-order valence-electron chi connectivity index (χ3n) is 3.75. The lowest BCUT2D eigenvalue weighted by molar-refractivity contribution is -0.267. The minimum absolute atomic E-state index is 0.193. The monoisotopic (exact) mass is 296 g/mol. The molecule has 1 aromatic heterocycles. The average Bonchev–Trinajstić information content (AvgIpc) is 2.80. The summed E-state index contributed by atoms with van der Waals surface area (Å²) in [6.07, 6.45) is 0. The topological polar surface area (TPSA) is 88.9 Å². The van der Waals surface area contributed by atoms with Crippen molar-refractivity contribution >= 4 is 11.7 Å². The number of aryl methyl sites for hydroxylation is 2. The number of nitrogens with zero attached hydrogens (tertiary/aromatic N) is 2. The second kappa shape index (κ2) is 5.63. The Kier molecular flexibility index (Phi) is 3.83. The number of hydrogen-bond donors (Lipinski definition) is 2. The minimum atomic E-state index is -0.730. The van der Waals surface area contributed by atoms with Crippen molar-refractivity contribution in [2.75, 3.05) is 44.7 Å². The fourth-order valence-corrected chi connectivity index (χ4v) is 2.61. The Morgan fingerprint density at radius 1 is 1.38 bits per heavy atom. The van der Waals surface area contributed by atoms with Gasteiger partial charge in [0.15, 0.2) is 11.5 Å². The van der Waals surface area contributed by atoms with Crippen molar-refractivity contribution in [3.63, 3.8) is 0 Å². The molecule has 8 nitrogen and oxygen atoms in total. The summed E-state index contributed by atoms with van der Waals surface area (Å²) >= 11 is 0. The number of urea groups is 1. The molecule has 2 aliphatic heterocycles. The molecule has 8 heteroatoms. The molecule has 2 saturated heterocycles. The highest BCUT2D eigenvalue weighted by molar-refractivity contribution is 5.90. The van der Waals surface area contributed by atoms with Crippen LogP contribution >= 0.6 is 0 Å². The number of hydrogen-bond acceptors (Lipinski definition) is 6. The fourth-order valence-electron chi connectivity index (χ4n) is 2.61. The Labute approximate surface area is 122 Å². The standard InChI is InChI=1S/C13H20N4O4/c1-9-11(10(2)21-16-9)15-12(18)17-4-6-20-13(8-17)7-14-3-5-19-13/h14H,3-8H2,1-2H3,(H,15,18). The molecule has 0 aliphatic carbocycles. The van der Waals surface area contributed by atoms with Crippen LogP contribution in [0.25, 0.3) is 0 Å². The summed E-state index contributed by atoms with van der Waals surface area (Å²) in [4.78, 5) is 14.1. The lowest BCUT2D eigenvalue weighted by atomic mass is 10.2. The highest BCUT2D eigenvalue weighted by atomic mass is 16.7. The van der Waals surface area contributed by atoms with Crippen molar-refractivity contribution in [1.29, 1.82) is 0 Å². The Balaban J connectivity index is 1.67. The van der Waals surface area contributed by atoms with E-state index in [0.29, 0.717) is 50.0 Å². The Morgan fingerprint density at radius 3 is 2.86 bits per heavy atom. The number of aromatic nitrogens is 1. The van der Waals surface area contributed by atoms with Gasteiger partial charge in [0.1, 0.15) is 11.4 Å². The van der Waals surface area contributed by atoms with Gasteiger partial charge in [-0.3, -0.25) is 0 Å². The normalized spacial score (nSPS) is 26.1. The van der Waals surface area contributed by atoms with Crippen LogP contribution in [-0.2, 0) is 9.47 Å². The van der Waals surface area contributed by atoms with Gasteiger partial charge in [-0.15, -0.1) is 0 Å². The predicted molar refractivity (Wildman–Crippen MR) is 74.1 cm³/mol. The molecule has 1 spiro atoms. The van der Waals surface area contributed by atoms with Crippen LogP contribution in [0.4, 0.5) is 10.5 Å².